The van der Waals surface area contributed by atoms with Gasteiger partial charge in [-0.15, -0.1) is 0 Å². The molecule has 2 aliphatic rings. The molecular formula is C16H24N2O4S. The summed E-state index contributed by atoms with van der Waals surface area (Å²) in [5.74, 6) is 0.875. The van der Waals surface area contributed by atoms with Crippen molar-refractivity contribution in [1.29, 1.82) is 0 Å². The van der Waals surface area contributed by atoms with E-state index in [4.69, 9.17) is 4.42 Å². The molecule has 1 saturated heterocycles. The van der Waals surface area contributed by atoms with Gasteiger partial charge in [0.25, 0.3) is 15.9 Å². The third-order valence-corrected chi connectivity index (χ3v) is 6.80. The Labute approximate surface area is 137 Å². The van der Waals surface area contributed by atoms with Crippen LogP contribution in [0.3, 0.4) is 0 Å². The monoisotopic (exact) mass is 340 g/mol. The molecule has 0 N–H and O–H groups in total. The molecular weight excluding hydrogens is 316 g/mol. The number of likely N-dealkylation sites (tertiary alicyclic amines) is 1. The van der Waals surface area contributed by atoms with Crippen molar-refractivity contribution in [2.45, 2.75) is 50.2 Å². The van der Waals surface area contributed by atoms with Gasteiger partial charge in [0.15, 0.2) is 0 Å². The van der Waals surface area contributed by atoms with E-state index in [9.17, 15) is 13.2 Å². The van der Waals surface area contributed by atoms with Crippen molar-refractivity contribution >= 4 is 15.9 Å². The lowest BCUT2D eigenvalue weighted by atomic mass is 9.85. The van der Waals surface area contributed by atoms with Gasteiger partial charge in [-0.1, -0.05) is 12.8 Å². The van der Waals surface area contributed by atoms with Crippen molar-refractivity contribution in [1.82, 2.24) is 9.21 Å². The number of rotatable bonds is 3. The second-order valence-electron chi connectivity index (χ2n) is 6.72. The summed E-state index contributed by atoms with van der Waals surface area (Å²) in [4.78, 5) is 14.8. The Morgan fingerprint density at radius 1 is 1.26 bits per heavy atom. The Bertz CT molecular complexity index is 708. The molecule has 1 aliphatic carbocycles. The van der Waals surface area contributed by atoms with Crippen LogP contribution < -0.4 is 0 Å². The van der Waals surface area contributed by atoms with E-state index in [1.54, 1.807) is 6.92 Å². The molecule has 0 aromatic carbocycles. The minimum atomic E-state index is -3.66. The SMILES string of the molecule is Cc1oc(S(=O)(=O)N(C)C)cc1C(=O)N1CC[C@@H]2CCCC[C@@H]21. The summed E-state index contributed by atoms with van der Waals surface area (Å²) in [6.45, 7) is 2.41. The zero-order valence-electron chi connectivity index (χ0n) is 13.9. The Morgan fingerprint density at radius 3 is 2.65 bits per heavy atom. The van der Waals surface area contributed by atoms with Crippen LogP contribution in [0.5, 0.6) is 0 Å². The molecule has 3 rings (SSSR count). The zero-order valence-corrected chi connectivity index (χ0v) is 14.7. The van der Waals surface area contributed by atoms with Crippen molar-refractivity contribution in [2.75, 3.05) is 20.6 Å². The highest BCUT2D eigenvalue weighted by molar-refractivity contribution is 7.88. The number of hydrogen-bond acceptors (Lipinski definition) is 4. The number of aryl methyl sites for hydroxylation is 1. The maximum absolute atomic E-state index is 12.9. The molecule has 1 aromatic rings. The predicted octanol–water partition coefficient (Wildman–Crippen LogP) is 2.24. The second-order valence-corrected chi connectivity index (χ2v) is 8.80. The summed E-state index contributed by atoms with van der Waals surface area (Å²) in [5, 5.41) is -0.164. The molecule has 1 aliphatic heterocycles. The Kier molecular flexibility index (Phi) is 4.27. The topological polar surface area (TPSA) is 70.8 Å². The molecule has 0 radical (unpaired) electrons. The van der Waals surface area contributed by atoms with E-state index >= 15 is 0 Å². The number of carbonyl (C=O) groups excluding carboxylic acids is 1. The van der Waals surface area contributed by atoms with E-state index in [-0.39, 0.29) is 11.0 Å². The fourth-order valence-electron chi connectivity index (χ4n) is 3.79. The molecule has 128 valence electrons. The maximum Gasteiger partial charge on any atom is 0.275 e. The zero-order chi connectivity index (χ0) is 16.8. The summed E-state index contributed by atoms with van der Waals surface area (Å²) in [6, 6.07) is 1.68. The number of nitrogens with zero attached hydrogens (tertiary/aromatic N) is 2. The number of furan rings is 1. The minimum Gasteiger partial charge on any atom is -0.448 e. The van der Waals surface area contributed by atoms with Gasteiger partial charge in [-0.25, -0.2) is 12.7 Å². The van der Waals surface area contributed by atoms with Crippen molar-refractivity contribution in [3.05, 3.63) is 17.4 Å². The molecule has 0 unspecified atom stereocenters. The molecule has 6 nitrogen and oxygen atoms in total. The number of fused-ring (bicyclic) bond motifs is 1. The van der Waals surface area contributed by atoms with Crippen molar-refractivity contribution in [3.8, 4) is 0 Å². The van der Waals surface area contributed by atoms with Gasteiger partial charge in [0.2, 0.25) is 5.09 Å². The van der Waals surface area contributed by atoms with Crippen LogP contribution in [0.1, 0.15) is 48.2 Å². The number of amides is 1. The lowest BCUT2D eigenvalue weighted by Gasteiger charge is -2.31. The fourth-order valence-corrected chi connectivity index (χ4v) is 4.64. The fraction of sp³-hybridized carbons (Fsp3) is 0.688. The van der Waals surface area contributed by atoms with Crippen LogP contribution in [-0.4, -0.2) is 50.2 Å². The summed E-state index contributed by atoms with van der Waals surface area (Å²) in [6.07, 6.45) is 5.71. The lowest BCUT2D eigenvalue weighted by Crippen LogP contribution is -2.39. The Morgan fingerprint density at radius 2 is 1.96 bits per heavy atom. The molecule has 0 bridgehead atoms. The minimum absolute atomic E-state index is 0.0964. The van der Waals surface area contributed by atoms with Gasteiger partial charge in [-0.2, -0.15) is 0 Å². The summed E-state index contributed by atoms with van der Waals surface area (Å²) >= 11 is 0. The first-order chi connectivity index (χ1) is 10.8. The van der Waals surface area contributed by atoms with E-state index in [1.807, 2.05) is 4.90 Å². The molecule has 1 aromatic heterocycles. The number of sulfonamides is 1. The first-order valence-electron chi connectivity index (χ1n) is 8.16. The first kappa shape index (κ1) is 16.5. The van der Waals surface area contributed by atoms with Crippen LogP contribution >= 0.6 is 0 Å². The van der Waals surface area contributed by atoms with E-state index in [2.05, 4.69) is 0 Å². The summed E-state index contributed by atoms with van der Waals surface area (Å²) < 4.78 is 30.8. The molecule has 0 spiro atoms. The summed E-state index contributed by atoms with van der Waals surface area (Å²) in [7, 11) is -0.771. The standard InChI is InChI=1S/C16H24N2O4S/c1-11-13(10-15(22-11)23(20,21)17(2)3)16(19)18-9-8-12-6-4-5-7-14(12)18/h10,12,14H,4-9H2,1-3H3/t12-,14-/m0/s1. The van der Waals surface area contributed by atoms with Gasteiger partial charge < -0.3 is 9.32 Å². The van der Waals surface area contributed by atoms with Crippen LogP contribution in [0.15, 0.2) is 15.6 Å². The third kappa shape index (κ3) is 2.80. The van der Waals surface area contributed by atoms with Gasteiger partial charge >= 0.3 is 0 Å². The van der Waals surface area contributed by atoms with E-state index in [0.29, 0.717) is 23.3 Å². The highest BCUT2D eigenvalue weighted by atomic mass is 32.2. The van der Waals surface area contributed by atoms with Crippen LogP contribution in [0.2, 0.25) is 0 Å². The third-order valence-electron chi connectivity index (χ3n) is 5.13. The predicted molar refractivity (Wildman–Crippen MR) is 85.7 cm³/mol. The number of hydrogen-bond donors (Lipinski definition) is 0. The maximum atomic E-state index is 12.9. The van der Waals surface area contributed by atoms with Gasteiger partial charge in [-0.3, -0.25) is 4.79 Å². The van der Waals surface area contributed by atoms with Crippen molar-refractivity contribution in [3.63, 3.8) is 0 Å². The largest absolute Gasteiger partial charge is 0.448 e. The van der Waals surface area contributed by atoms with Gasteiger partial charge in [0, 0.05) is 32.7 Å². The highest BCUT2D eigenvalue weighted by Crippen LogP contribution is 2.37. The summed E-state index contributed by atoms with van der Waals surface area (Å²) in [5.41, 5.74) is 0.372. The molecule has 2 atom stereocenters. The van der Waals surface area contributed by atoms with Crippen LogP contribution in [0.4, 0.5) is 0 Å². The van der Waals surface area contributed by atoms with Gasteiger partial charge in [0.1, 0.15) is 5.76 Å². The van der Waals surface area contributed by atoms with Gasteiger partial charge in [-0.05, 0) is 32.1 Å². The Balaban J connectivity index is 1.87. The van der Waals surface area contributed by atoms with Crippen LogP contribution in [0.25, 0.3) is 0 Å². The second kappa shape index (κ2) is 5.94. The molecule has 7 heteroatoms. The molecule has 1 saturated carbocycles. The highest BCUT2D eigenvalue weighted by Gasteiger charge is 2.39. The molecule has 1 amide bonds. The van der Waals surface area contributed by atoms with Crippen LogP contribution in [-0.2, 0) is 10.0 Å². The Hall–Kier alpha value is -1.34. The normalized spacial score (nSPS) is 25.0. The molecule has 2 heterocycles. The number of carbonyl (C=O) groups is 1. The first-order valence-corrected chi connectivity index (χ1v) is 9.60. The average molecular weight is 340 g/mol. The lowest BCUT2D eigenvalue weighted by molar-refractivity contribution is 0.0688. The average Bonchev–Trinajstić information content (AvgIpc) is 3.10. The molecule has 23 heavy (non-hydrogen) atoms. The van der Waals surface area contributed by atoms with Crippen molar-refractivity contribution in [2.24, 2.45) is 5.92 Å². The van der Waals surface area contributed by atoms with Crippen molar-refractivity contribution < 1.29 is 17.6 Å². The van der Waals surface area contributed by atoms with Crippen LogP contribution in [0, 0.1) is 12.8 Å². The van der Waals surface area contributed by atoms with Gasteiger partial charge in [0.05, 0.1) is 5.56 Å². The molecule has 2 fully saturated rings. The van der Waals surface area contributed by atoms with E-state index < -0.39 is 10.0 Å². The quantitative estimate of drug-likeness (QED) is 0.846. The van der Waals surface area contributed by atoms with E-state index in [1.165, 1.54) is 33.0 Å². The smallest absolute Gasteiger partial charge is 0.275 e. The van der Waals surface area contributed by atoms with E-state index in [0.717, 1.165) is 30.1 Å².